The topological polar surface area (TPSA) is 167 Å². The van der Waals surface area contributed by atoms with Gasteiger partial charge in [0.25, 0.3) is 0 Å². The van der Waals surface area contributed by atoms with Crippen molar-refractivity contribution in [2.75, 3.05) is 0 Å². The Morgan fingerprint density at radius 1 is 0.704 bits per heavy atom. The van der Waals surface area contributed by atoms with E-state index in [-0.39, 0.29) is 22.3 Å². The molecule has 0 saturated carbocycles. The van der Waals surface area contributed by atoms with Crippen LogP contribution in [0.25, 0.3) is 21.9 Å². The van der Waals surface area contributed by atoms with Gasteiger partial charge in [0.2, 0.25) is 0 Å². The van der Waals surface area contributed by atoms with E-state index in [0.717, 1.165) is 0 Å². The van der Waals surface area contributed by atoms with Crippen LogP contribution in [0.5, 0.6) is 11.5 Å². The van der Waals surface area contributed by atoms with Gasteiger partial charge in [0.15, 0.2) is 22.7 Å². The van der Waals surface area contributed by atoms with Crippen molar-refractivity contribution in [3.8, 4) is 11.5 Å². The van der Waals surface area contributed by atoms with Gasteiger partial charge in [0.1, 0.15) is 0 Å². The number of fused-ring (bicyclic) bond motifs is 3. The normalized spacial score (nSPS) is 10.4. The zero-order chi connectivity index (χ0) is 19.6. The van der Waals surface area contributed by atoms with Crippen LogP contribution in [0.1, 0.15) is 0 Å². The molecule has 0 aliphatic carbocycles. The Bertz CT molecular complexity index is 1130. The van der Waals surface area contributed by atoms with E-state index in [1.807, 2.05) is 0 Å². The van der Waals surface area contributed by atoms with Gasteiger partial charge in [-0.25, -0.2) is 19.2 Å². The number of ether oxygens (including phenoxy) is 2. The molecule has 27 heavy (non-hydrogen) atoms. The molecule has 0 unspecified atom stereocenters. The van der Waals surface area contributed by atoms with Crippen LogP contribution in [0, 0.1) is 0 Å². The van der Waals surface area contributed by atoms with Crippen LogP contribution < -0.4 is 21.1 Å². The third-order valence-electron chi connectivity index (χ3n) is 3.18. The molecule has 0 fully saturated rings. The summed E-state index contributed by atoms with van der Waals surface area (Å²) in [6.07, 6.45) is -3.37. The molecule has 1 aromatic heterocycles. The third-order valence-corrected chi connectivity index (χ3v) is 3.18. The number of hydrogen-bond acceptors (Lipinski definition) is 9. The Morgan fingerprint density at radius 2 is 1.11 bits per heavy atom. The molecule has 3 rings (SSSR count). The quantitative estimate of drug-likeness (QED) is 0.498. The van der Waals surface area contributed by atoms with E-state index >= 15 is 0 Å². The zero-order valence-corrected chi connectivity index (χ0v) is 13.0. The fourth-order valence-corrected chi connectivity index (χ4v) is 2.29. The lowest BCUT2D eigenvalue weighted by molar-refractivity contribution is 0.143. The fourth-order valence-electron chi connectivity index (χ4n) is 2.29. The number of rotatable bonds is 2. The van der Waals surface area contributed by atoms with Gasteiger partial charge in [-0.3, -0.25) is 0 Å². The molecule has 2 N–H and O–H groups in total. The summed E-state index contributed by atoms with van der Waals surface area (Å²) in [6, 6.07) is 7.91. The van der Waals surface area contributed by atoms with E-state index in [4.69, 9.17) is 19.0 Å². The highest BCUT2D eigenvalue weighted by molar-refractivity contribution is 6.05. The molecular formula is C16H8O11. The molecule has 0 radical (unpaired) electrons. The second-order valence-corrected chi connectivity index (χ2v) is 4.81. The Labute approximate surface area is 146 Å². The van der Waals surface area contributed by atoms with Crippen molar-refractivity contribution in [3.05, 3.63) is 57.6 Å². The Morgan fingerprint density at radius 3 is 1.48 bits per heavy atom. The summed E-state index contributed by atoms with van der Waals surface area (Å²) in [7, 11) is 0. The molecule has 11 heteroatoms. The highest BCUT2D eigenvalue weighted by Gasteiger charge is 2.14. The number of hydrogen-bond donors (Lipinski definition) is 2. The molecule has 0 saturated heterocycles. The lowest BCUT2D eigenvalue weighted by Gasteiger charge is -2.04. The average Bonchev–Trinajstić information content (AvgIpc) is 2.61. The van der Waals surface area contributed by atoms with Crippen LogP contribution >= 0.6 is 0 Å². The molecule has 1 heterocycles. The first-order valence-electron chi connectivity index (χ1n) is 7.04. The summed E-state index contributed by atoms with van der Waals surface area (Å²) in [6.45, 7) is 0. The van der Waals surface area contributed by atoms with Gasteiger partial charge in [-0.15, -0.1) is 0 Å². The van der Waals surface area contributed by atoms with Crippen molar-refractivity contribution < 1.29 is 42.5 Å². The lowest BCUT2D eigenvalue weighted by atomic mass is 10.1. The maximum atomic E-state index is 11.7. The van der Waals surface area contributed by atoms with Gasteiger partial charge in [-0.1, -0.05) is 24.3 Å². The lowest BCUT2D eigenvalue weighted by Crippen LogP contribution is -2.05. The fraction of sp³-hybridized carbons (Fsp3) is 0. The number of carbonyl (C=O) groups is 2. The average molecular weight is 376 g/mol. The second-order valence-electron chi connectivity index (χ2n) is 4.81. The van der Waals surface area contributed by atoms with E-state index in [0.29, 0.717) is 0 Å². The zero-order valence-electron chi connectivity index (χ0n) is 13.0. The van der Waals surface area contributed by atoms with Gasteiger partial charge < -0.3 is 32.9 Å². The van der Waals surface area contributed by atoms with Gasteiger partial charge in [-0.05, 0) is 12.1 Å². The predicted octanol–water partition coefficient (Wildman–Crippen LogP) is 2.73. The minimum Gasteiger partial charge on any atom is -0.449 e. The summed E-state index contributed by atoms with van der Waals surface area (Å²) in [5.41, 5.74) is -0.783. The maximum absolute atomic E-state index is 11.7. The van der Waals surface area contributed by atoms with Crippen molar-refractivity contribution in [3.63, 3.8) is 0 Å². The number of carboxylic acid groups (broad SMARTS) is 2. The standard InChI is InChI=1S/C16H8O11/c17-13(18)23-9-5-1-3-7-8-4-2-6-10(24-14(19)20)12(8)26-16(22)27-15(21)25-11(7)9/h1-6H,(H,17,18)(H,19,20). The molecule has 2 aromatic carbocycles. The maximum Gasteiger partial charge on any atom is 0.524 e. The minimum atomic E-state index is -1.68. The molecule has 0 amide bonds. The second kappa shape index (κ2) is 6.92. The van der Waals surface area contributed by atoms with Crippen LogP contribution in [0.15, 0.2) is 59.2 Å². The predicted molar refractivity (Wildman–Crippen MR) is 85.7 cm³/mol. The van der Waals surface area contributed by atoms with Crippen LogP contribution in [0.4, 0.5) is 9.59 Å². The SMILES string of the molecule is O=C(O)Oc1cccc2c1oc(=O)oc(=O)oc1c(OC(=O)O)cccc12. The third kappa shape index (κ3) is 3.71. The van der Waals surface area contributed by atoms with Crippen molar-refractivity contribution >= 4 is 34.2 Å². The first kappa shape index (κ1) is 17.5. The summed E-state index contributed by atoms with van der Waals surface area (Å²) in [4.78, 5) is 45.2. The monoisotopic (exact) mass is 376 g/mol. The summed E-state index contributed by atoms with van der Waals surface area (Å²) in [5.74, 6) is -3.78. The molecule has 11 nitrogen and oxygen atoms in total. The number of benzene rings is 2. The number of para-hydroxylation sites is 2. The van der Waals surface area contributed by atoms with Crippen molar-refractivity contribution in [2.24, 2.45) is 0 Å². The van der Waals surface area contributed by atoms with E-state index < -0.39 is 35.1 Å². The Balaban J connectivity index is 2.60. The molecule has 138 valence electrons. The van der Waals surface area contributed by atoms with E-state index in [1.54, 1.807) is 0 Å². The van der Waals surface area contributed by atoms with Gasteiger partial charge in [0.05, 0.1) is 0 Å². The van der Waals surface area contributed by atoms with Crippen molar-refractivity contribution in [1.29, 1.82) is 0 Å². The first-order valence-corrected chi connectivity index (χ1v) is 7.04. The van der Waals surface area contributed by atoms with Crippen LogP contribution in [0.2, 0.25) is 0 Å². The highest BCUT2D eigenvalue weighted by Crippen LogP contribution is 2.32. The largest absolute Gasteiger partial charge is 0.524 e. The molecule has 0 bridgehead atoms. The van der Waals surface area contributed by atoms with Crippen LogP contribution in [-0.2, 0) is 0 Å². The van der Waals surface area contributed by atoms with Crippen molar-refractivity contribution in [2.45, 2.75) is 0 Å². The smallest absolute Gasteiger partial charge is 0.449 e. The molecule has 0 spiro atoms. The molecular weight excluding hydrogens is 368 g/mol. The van der Waals surface area contributed by atoms with Crippen LogP contribution in [-0.4, -0.2) is 22.5 Å². The summed E-state index contributed by atoms with van der Waals surface area (Å²) < 4.78 is 23.2. The van der Waals surface area contributed by atoms with E-state index in [9.17, 15) is 19.2 Å². The van der Waals surface area contributed by atoms with Gasteiger partial charge in [0, 0.05) is 10.8 Å². The Kier molecular flexibility index (Phi) is 4.49. The van der Waals surface area contributed by atoms with E-state index in [2.05, 4.69) is 13.9 Å². The summed E-state index contributed by atoms with van der Waals surface area (Å²) >= 11 is 0. The highest BCUT2D eigenvalue weighted by atomic mass is 16.7. The van der Waals surface area contributed by atoms with E-state index in [1.165, 1.54) is 36.4 Å². The molecule has 3 aromatic rings. The van der Waals surface area contributed by atoms with Crippen LogP contribution in [0.3, 0.4) is 0 Å². The molecule has 0 aliphatic rings. The molecule has 0 atom stereocenters. The molecule has 0 aliphatic heterocycles. The van der Waals surface area contributed by atoms with Gasteiger partial charge >= 0.3 is 24.0 Å². The first-order chi connectivity index (χ1) is 12.8. The summed E-state index contributed by atoms with van der Waals surface area (Å²) in [5, 5.41) is 17.8. The minimum absolute atomic E-state index is 0.0474. The van der Waals surface area contributed by atoms with Gasteiger partial charge in [-0.2, -0.15) is 0 Å². The van der Waals surface area contributed by atoms with Crippen molar-refractivity contribution in [1.82, 2.24) is 0 Å². The Hall–Kier alpha value is -4.28.